The van der Waals surface area contributed by atoms with Gasteiger partial charge in [-0.2, -0.15) is 5.10 Å². The maximum atomic E-state index is 12.1. The number of aromatic nitrogens is 2. The van der Waals surface area contributed by atoms with E-state index >= 15 is 0 Å². The Bertz CT molecular complexity index is 975. The second kappa shape index (κ2) is 6.96. The molecule has 0 spiro atoms. The molecule has 0 unspecified atom stereocenters. The zero-order valence-corrected chi connectivity index (χ0v) is 13.5. The van der Waals surface area contributed by atoms with Crippen molar-refractivity contribution in [1.29, 1.82) is 0 Å². The number of fused-ring (bicyclic) bond motifs is 1. The van der Waals surface area contributed by atoms with Gasteiger partial charge in [-0.05, 0) is 25.1 Å². The van der Waals surface area contributed by atoms with Crippen molar-refractivity contribution in [3.05, 3.63) is 65.5 Å². The number of aryl methyl sites for hydroxylation is 1. The molecule has 1 heterocycles. The topological polar surface area (TPSA) is 96.6 Å². The van der Waals surface area contributed by atoms with E-state index in [2.05, 4.69) is 15.5 Å². The predicted molar refractivity (Wildman–Crippen MR) is 93.6 cm³/mol. The molecule has 2 N–H and O–H groups in total. The summed E-state index contributed by atoms with van der Waals surface area (Å²) in [6.45, 7) is 1.91. The Balaban J connectivity index is 1.71. The first-order valence-corrected chi connectivity index (χ1v) is 7.62. The van der Waals surface area contributed by atoms with Crippen LogP contribution < -0.4 is 5.43 Å². The number of aromatic carboxylic acids is 1. The van der Waals surface area contributed by atoms with Crippen LogP contribution in [0.4, 0.5) is 0 Å². The Hall–Kier alpha value is -3.48. The molecule has 7 heteroatoms. The zero-order chi connectivity index (χ0) is 17.8. The van der Waals surface area contributed by atoms with E-state index in [1.54, 1.807) is 22.8 Å². The van der Waals surface area contributed by atoms with Crippen LogP contribution in [0.2, 0.25) is 0 Å². The highest BCUT2D eigenvalue weighted by Crippen LogP contribution is 2.15. The third kappa shape index (κ3) is 3.55. The Labute approximate surface area is 143 Å². The molecule has 0 aliphatic rings. The number of nitrogens with one attached hydrogen (secondary N) is 1. The van der Waals surface area contributed by atoms with Crippen molar-refractivity contribution in [3.63, 3.8) is 0 Å². The summed E-state index contributed by atoms with van der Waals surface area (Å²) in [6.07, 6.45) is 1.32. The number of rotatable bonds is 5. The lowest BCUT2D eigenvalue weighted by molar-refractivity contribution is -0.121. The average Bonchev–Trinajstić information content (AvgIpc) is 2.91. The molecule has 1 aromatic heterocycles. The molecule has 126 valence electrons. The highest BCUT2D eigenvalue weighted by Gasteiger charge is 2.10. The number of imidazole rings is 1. The smallest absolute Gasteiger partial charge is 0.336 e. The number of hydrogen-bond acceptors (Lipinski definition) is 4. The third-order valence-electron chi connectivity index (χ3n) is 3.73. The normalized spacial score (nSPS) is 11.1. The standard InChI is InChI=1S/C18H16N4O3/c1-12-20-15-8-4-5-9-16(15)22(12)11-17(23)21-19-10-13-6-2-3-7-14(13)18(24)25/h2-10H,11H2,1H3,(H,21,23)(H,24,25). The number of carboxylic acid groups (broad SMARTS) is 1. The second-order valence-corrected chi connectivity index (χ2v) is 5.42. The summed E-state index contributed by atoms with van der Waals surface area (Å²) in [6, 6.07) is 14.0. The van der Waals surface area contributed by atoms with Gasteiger partial charge in [-0.25, -0.2) is 15.2 Å². The summed E-state index contributed by atoms with van der Waals surface area (Å²) in [7, 11) is 0. The van der Waals surface area contributed by atoms with Crippen LogP contribution in [-0.4, -0.2) is 32.7 Å². The maximum Gasteiger partial charge on any atom is 0.336 e. The molecule has 7 nitrogen and oxygen atoms in total. The van der Waals surface area contributed by atoms with Crippen LogP contribution in [-0.2, 0) is 11.3 Å². The largest absolute Gasteiger partial charge is 0.478 e. The molecule has 0 atom stereocenters. The van der Waals surface area contributed by atoms with Crippen molar-refractivity contribution in [3.8, 4) is 0 Å². The molecule has 1 amide bonds. The Morgan fingerprint density at radius 3 is 2.72 bits per heavy atom. The molecular weight excluding hydrogens is 320 g/mol. The first-order chi connectivity index (χ1) is 12.1. The van der Waals surface area contributed by atoms with Gasteiger partial charge in [0.25, 0.3) is 5.91 Å². The minimum Gasteiger partial charge on any atom is -0.478 e. The molecule has 0 saturated heterocycles. The van der Waals surface area contributed by atoms with Gasteiger partial charge in [-0.1, -0.05) is 30.3 Å². The molecule has 0 fully saturated rings. The van der Waals surface area contributed by atoms with Crippen molar-refractivity contribution >= 4 is 29.1 Å². The molecule has 3 aromatic rings. The van der Waals surface area contributed by atoms with E-state index in [1.165, 1.54) is 12.3 Å². The Morgan fingerprint density at radius 1 is 1.20 bits per heavy atom. The summed E-state index contributed by atoms with van der Waals surface area (Å²) in [5.74, 6) is -0.638. The van der Waals surface area contributed by atoms with Gasteiger partial charge < -0.3 is 9.67 Å². The van der Waals surface area contributed by atoms with E-state index < -0.39 is 5.97 Å². The van der Waals surface area contributed by atoms with Gasteiger partial charge in [-0.3, -0.25) is 4.79 Å². The SMILES string of the molecule is Cc1nc2ccccc2n1CC(=O)NN=Cc1ccccc1C(=O)O. The zero-order valence-electron chi connectivity index (χ0n) is 13.5. The highest BCUT2D eigenvalue weighted by molar-refractivity contribution is 5.98. The van der Waals surface area contributed by atoms with Crippen LogP contribution in [0.15, 0.2) is 53.6 Å². The molecule has 0 bridgehead atoms. The number of hydrazone groups is 1. The van der Waals surface area contributed by atoms with E-state index in [0.29, 0.717) is 5.56 Å². The molecule has 25 heavy (non-hydrogen) atoms. The molecule has 3 rings (SSSR count). The summed E-state index contributed by atoms with van der Waals surface area (Å²) in [4.78, 5) is 27.7. The van der Waals surface area contributed by atoms with Crippen LogP contribution in [0.1, 0.15) is 21.7 Å². The van der Waals surface area contributed by atoms with Crippen molar-refractivity contribution in [1.82, 2.24) is 15.0 Å². The van der Waals surface area contributed by atoms with E-state index in [-0.39, 0.29) is 18.0 Å². The van der Waals surface area contributed by atoms with Crippen LogP contribution in [0, 0.1) is 6.92 Å². The fourth-order valence-corrected chi connectivity index (χ4v) is 2.55. The van der Waals surface area contributed by atoms with E-state index in [0.717, 1.165) is 16.9 Å². The van der Waals surface area contributed by atoms with Crippen molar-refractivity contribution in [2.24, 2.45) is 5.10 Å². The van der Waals surface area contributed by atoms with Crippen LogP contribution in [0.3, 0.4) is 0 Å². The number of nitrogens with zero attached hydrogens (tertiary/aromatic N) is 3. The number of carbonyl (C=O) groups is 2. The van der Waals surface area contributed by atoms with Crippen LogP contribution in [0.5, 0.6) is 0 Å². The van der Waals surface area contributed by atoms with Gasteiger partial charge in [-0.15, -0.1) is 0 Å². The van der Waals surface area contributed by atoms with E-state index in [9.17, 15) is 9.59 Å². The van der Waals surface area contributed by atoms with Crippen molar-refractivity contribution in [2.75, 3.05) is 0 Å². The first-order valence-electron chi connectivity index (χ1n) is 7.62. The van der Waals surface area contributed by atoms with Crippen LogP contribution >= 0.6 is 0 Å². The van der Waals surface area contributed by atoms with Gasteiger partial charge in [0.15, 0.2) is 0 Å². The number of para-hydroxylation sites is 2. The third-order valence-corrected chi connectivity index (χ3v) is 3.73. The van der Waals surface area contributed by atoms with Gasteiger partial charge in [0.05, 0.1) is 22.8 Å². The molecular formula is C18H16N4O3. The molecule has 0 saturated carbocycles. The van der Waals surface area contributed by atoms with Gasteiger partial charge in [0.1, 0.15) is 12.4 Å². The van der Waals surface area contributed by atoms with Gasteiger partial charge >= 0.3 is 5.97 Å². The minimum atomic E-state index is -1.05. The monoisotopic (exact) mass is 336 g/mol. The molecule has 0 aliphatic heterocycles. The summed E-state index contributed by atoms with van der Waals surface area (Å²) in [5, 5.41) is 13.0. The van der Waals surface area contributed by atoms with Crippen LogP contribution in [0.25, 0.3) is 11.0 Å². The molecule has 2 aromatic carbocycles. The highest BCUT2D eigenvalue weighted by atomic mass is 16.4. The summed E-state index contributed by atoms with van der Waals surface area (Å²) < 4.78 is 1.80. The Morgan fingerprint density at radius 2 is 1.92 bits per heavy atom. The Kier molecular flexibility index (Phi) is 4.56. The molecule has 0 radical (unpaired) electrons. The fourth-order valence-electron chi connectivity index (χ4n) is 2.55. The lowest BCUT2D eigenvalue weighted by Crippen LogP contribution is -2.23. The lowest BCUT2D eigenvalue weighted by atomic mass is 10.1. The average molecular weight is 336 g/mol. The number of carboxylic acids is 1. The summed E-state index contributed by atoms with van der Waals surface area (Å²) in [5.41, 5.74) is 4.65. The number of carbonyl (C=O) groups excluding carboxylic acids is 1. The fraction of sp³-hybridized carbons (Fsp3) is 0.111. The first kappa shape index (κ1) is 16.4. The number of benzene rings is 2. The van der Waals surface area contributed by atoms with E-state index in [1.807, 2.05) is 31.2 Å². The predicted octanol–water partition coefficient (Wildman–Crippen LogP) is 2.19. The molecule has 0 aliphatic carbocycles. The van der Waals surface area contributed by atoms with Gasteiger partial charge in [0, 0.05) is 5.56 Å². The summed E-state index contributed by atoms with van der Waals surface area (Å²) >= 11 is 0. The lowest BCUT2D eigenvalue weighted by Gasteiger charge is -2.05. The van der Waals surface area contributed by atoms with E-state index in [4.69, 9.17) is 5.11 Å². The second-order valence-electron chi connectivity index (χ2n) is 5.42. The quantitative estimate of drug-likeness (QED) is 0.551. The van der Waals surface area contributed by atoms with Crippen molar-refractivity contribution < 1.29 is 14.7 Å². The number of amides is 1. The minimum absolute atomic E-state index is 0.0737. The number of hydrogen-bond donors (Lipinski definition) is 2. The van der Waals surface area contributed by atoms with Gasteiger partial charge in [0.2, 0.25) is 0 Å². The van der Waals surface area contributed by atoms with Crippen molar-refractivity contribution in [2.45, 2.75) is 13.5 Å². The maximum absolute atomic E-state index is 12.1.